The first-order valence-electron chi connectivity index (χ1n) is 14.1. The van der Waals surface area contributed by atoms with Crippen LogP contribution in [0.5, 0.6) is 5.75 Å². The van der Waals surface area contributed by atoms with E-state index >= 15 is 0 Å². The number of carbonyl (C=O) groups is 2. The largest absolute Gasteiger partial charge is 0.483 e. The molecule has 4 rings (SSSR count). The maximum atomic E-state index is 13.9. The van der Waals surface area contributed by atoms with Crippen LogP contribution in [-0.2, 0) is 22.6 Å². The first kappa shape index (κ1) is 30.1. The number of halogens is 2. The lowest BCUT2D eigenvalue weighted by molar-refractivity contribution is -0.143. The average molecular weight is 626 g/mol. The second-order valence-corrected chi connectivity index (χ2v) is 12.1. The fourth-order valence-corrected chi connectivity index (χ4v) is 5.87. The van der Waals surface area contributed by atoms with Crippen molar-refractivity contribution >= 4 is 39.3 Å². The standard InChI is InChI=1S/C33H38BrClN2O3/c1-23(2)26-16-17-31(29(34)20-26)40-22-32(38)37(21-25-12-9-13-27(35)18-25)30(19-24-10-5-3-6-11-24)33(39)36-28-14-7-4-8-15-28/h3,5-6,9-13,16-18,20,23,28,30H,4,7-8,14-15,19,21-22H2,1-2H3,(H,36,39). The molecular formula is C33H38BrClN2O3. The molecule has 1 atom stereocenters. The fourth-order valence-electron chi connectivity index (χ4n) is 5.15. The Bertz CT molecular complexity index is 1280. The molecule has 5 nitrogen and oxygen atoms in total. The van der Waals surface area contributed by atoms with Crippen LogP contribution in [0.2, 0.25) is 5.02 Å². The minimum atomic E-state index is -0.703. The van der Waals surface area contributed by atoms with E-state index in [1.54, 1.807) is 11.0 Å². The molecule has 1 fully saturated rings. The van der Waals surface area contributed by atoms with Gasteiger partial charge in [0.15, 0.2) is 6.61 Å². The Hall–Kier alpha value is -2.83. The van der Waals surface area contributed by atoms with Gasteiger partial charge in [-0.3, -0.25) is 9.59 Å². The molecule has 1 aliphatic rings. The van der Waals surface area contributed by atoms with E-state index in [1.165, 1.54) is 12.0 Å². The molecule has 212 valence electrons. The predicted octanol–water partition coefficient (Wildman–Crippen LogP) is 7.69. The van der Waals surface area contributed by atoms with Gasteiger partial charge in [0.2, 0.25) is 5.91 Å². The molecular weight excluding hydrogens is 588 g/mol. The van der Waals surface area contributed by atoms with E-state index in [0.29, 0.717) is 23.1 Å². The Balaban J connectivity index is 1.61. The molecule has 1 unspecified atom stereocenters. The number of nitrogens with zero attached hydrogens (tertiary/aromatic N) is 1. The molecule has 40 heavy (non-hydrogen) atoms. The Labute approximate surface area is 251 Å². The Kier molecular flexibility index (Phi) is 11.1. The molecule has 0 radical (unpaired) electrons. The molecule has 7 heteroatoms. The second-order valence-electron chi connectivity index (χ2n) is 10.8. The number of hydrogen-bond acceptors (Lipinski definition) is 3. The topological polar surface area (TPSA) is 58.6 Å². The molecule has 0 saturated heterocycles. The van der Waals surface area contributed by atoms with Gasteiger partial charge in [-0.05, 0) is 75.6 Å². The van der Waals surface area contributed by atoms with E-state index in [4.69, 9.17) is 16.3 Å². The van der Waals surface area contributed by atoms with Crippen LogP contribution in [0.4, 0.5) is 0 Å². The lowest BCUT2D eigenvalue weighted by Gasteiger charge is -2.33. The molecule has 0 bridgehead atoms. The van der Waals surface area contributed by atoms with Crippen molar-refractivity contribution in [1.82, 2.24) is 10.2 Å². The monoisotopic (exact) mass is 624 g/mol. The molecule has 2 amide bonds. The summed E-state index contributed by atoms with van der Waals surface area (Å²) in [4.78, 5) is 29.4. The van der Waals surface area contributed by atoms with E-state index in [-0.39, 0.29) is 31.0 Å². The molecule has 0 heterocycles. The zero-order chi connectivity index (χ0) is 28.5. The average Bonchev–Trinajstić information content (AvgIpc) is 2.95. The van der Waals surface area contributed by atoms with Crippen LogP contribution < -0.4 is 10.1 Å². The minimum Gasteiger partial charge on any atom is -0.483 e. The quantitative estimate of drug-likeness (QED) is 0.238. The lowest BCUT2D eigenvalue weighted by Crippen LogP contribution is -2.53. The third kappa shape index (κ3) is 8.58. The third-order valence-electron chi connectivity index (χ3n) is 7.44. The molecule has 0 aliphatic heterocycles. The van der Waals surface area contributed by atoms with E-state index < -0.39 is 6.04 Å². The van der Waals surface area contributed by atoms with Crippen LogP contribution in [0.25, 0.3) is 0 Å². The molecule has 1 aliphatic carbocycles. The van der Waals surface area contributed by atoms with Gasteiger partial charge in [-0.15, -0.1) is 0 Å². The summed E-state index contributed by atoms with van der Waals surface area (Å²) in [5.41, 5.74) is 3.02. The third-order valence-corrected chi connectivity index (χ3v) is 8.29. The number of amides is 2. The lowest BCUT2D eigenvalue weighted by atomic mass is 9.94. The molecule has 0 spiro atoms. The van der Waals surface area contributed by atoms with Crippen molar-refractivity contribution in [3.63, 3.8) is 0 Å². The molecule has 0 aromatic heterocycles. The van der Waals surface area contributed by atoms with Crippen LogP contribution in [0, 0.1) is 0 Å². The Morgan fingerprint density at radius 1 is 0.975 bits per heavy atom. The van der Waals surface area contributed by atoms with E-state index in [2.05, 4.69) is 35.1 Å². The maximum absolute atomic E-state index is 13.9. The summed E-state index contributed by atoms with van der Waals surface area (Å²) in [6.07, 6.45) is 5.75. The number of benzene rings is 3. The number of rotatable bonds is 11. The van der Waals surface area contributed by atoms with Gasteiger partial charge in [-0.2, -0.15) is 0 Å². The van der Waals surface area contributed by atoms with Gasteiger partial charge >= 0.3 is 0 Å². The van der Waals surface area contributed by atoms with Crippen LogP contribution in [-0.4, -0.2) is 35.4 Å². The minimum absolute atomic E-state index is 0.131. The van der Waals surface area contributed by atoms with Gasteiger partial charge in [0, 0.05) is 24.0 Å². The van der Waals surface area contributed by atoms with Gasteiger partial charge in [0.1, 0.15) is 11.8 Å². The normalized spacial score (nSPS) is 14.5. The van der Waals surface area contributed by atoms with Crippen LogP contribution >= 0.6 is 27.5 Å². The van der Waals surface area contributed by atoms with Crippen molar-refractivity contribution in [2.24, 2.45) is 0 Å². The number of hydrogen-bond donors (Lipinski definition) is 1. The van der Waals surface area contributed by atoms with Gasteiger partial charge in [-0.1, -0.05) is 93.2 Å². The second kappa shape index (κ2) is 14.7. The van der Waals surface area contributed by atoms with E-state index in [1.807, 2.05) is 66.7 Å². The summed E-state index contributed by atoms with van der Waals surface area (Å²) in [7, 11) is 0. The van der Waals surface area contributed by atoms with Gasteiger partial charge in [-0.25, -0.2) is 0 Å². The van der Waals surface area contributed by atoms with Crippen molar-refractivity contribution in [3.05, 3.63) is 99.0 Å². The van der Waals surface area contributed by atoms with Gasteiger partial charge in [0.05, 0.1) is 4.47 Å². The number of carbonyl (C=O) groups excluding carboxylic acids is 2. The zero-order valence-corrected chi connectivity index (χ0v) is 25.6. The first-order valence-corrected chi connectivity index (χ1v) is 15.3. The highest BCUT2D eigenvalue weighted by molar-refractivity contribution is 9.10. The number of ether oxygens (including phenoxy) is 1. The summed E-state index contributed by atoms with van der Waals surface area (Å²) < 4.78 is 6.81. The summed E-state index contributed by atoms with van der Waals surface area (Å²) >= 11 is 9.88. The highest BCUT2D eigenvalue weighted by Crippen LogP contribution is 2.29. The highest BCUT2D eigenvalue weighted by Gasteiger charge is 2.32. The molecule has 3 aromatic rings. The van der Waals surface area contributed by atoms with Crippen molar-refractivity contribution in [1.29, 1.82) is 0 Å². The smallest absolute Gasteiger partial charge is 0.261 e. The number of nitrogens with one attached hydrogen (secondary N) is 1. The maximum Gasteiger partial charge on any atom is 0.261 e. The first-order chi connectivity index (χ1) is 19.3. The molecule has 3 aromatic carbocycles. The van der Waals surface area contributed by atoms with E-state index in [9.17, 15) is 9.59 Å². The molecule has 1 N–H and O–H groups in total. The summed E-state index contributed by atoms with van der Waals surface area (Å²) in [5, 5.41) is 3.85. The summed E-state index contributed by atoms with van der Waals surface area (Å²) in [6.45, 7) is 4.31. The van der Waals surface area contributed by atoms with Crippen LogP contribution in [0.1, 0.15) is 68.6 Å². The highest BCUT2D eigenvalue weighted by atomic mass is 79.9. The Morgan fingerprint density at radius 3 is 2.38 bits per heavy atom. The molecule has 1 saturated carbocycles. The van der Waals surface area contributed by atoms with Gasteiger partial charge in [0.25, 0.3) is 5.91 Å². The van der Waals surface area contributed by atoms with Gasteiger partial charge < -0.3 is 15.0 Å². The van der Waals surface area contributed by atoms with E-state index in [0.717, 1.165) is 41.3 Å². The van der Waals surface area contributed by atoms with Crippen molar-refractivity contribution in [2.45, 2.75) is 76.9 Å². The van der Waals surface area contributed by atoms with Crippen LogP contribution in [0.15, 0.2) is 77.3 Å². The summed E-state index contributed by atoms with van der Waals surface area (Å²) in [6, 6.07) is 22.6. The van der Waals surface area contributed by atoms with Crippen molar-refractivity contribution in [3.8, 4) is 5.75 Å². The predicted molar refractivity (Wildman–Crippen MR) is 165 cm³/mol. The Morgan fingerprint density at radius 2 is 1.70 bits per heavy atom. The van der Waals surface area contributed by atoms with Crippen molar-refractivity contribution in [2.75, 3.05) is 6.61 Å². The zero-order valence-electron chi connectivity index (χ0n) is 23.2. The summed E-state index contributed by atoms with van der Waals surface area (Å²) in [5.74, 6) is 0.571. The SMILES string of the molecule is CC(C)c1ccc(OCC(=O)N(Cc2cccc(Cl)c2)C(Cc2ccccc2)C(=O)NC2CCCCC2)c(Br)c1. The van der Waals surface area contributed by atoms with Crippen LogP contribution in [0.3, 0.4) is 0 Å². The fraction of sp³-hybridized carbons (Fsp3) is 0.394. The van der Waals surface area contributed by atoms with Crippen molar-refractivity contribution < 1.29 is 14.3 Å².